The van der Waals surface area contributed by atoms with E-state index in [0.717, 1.165) is 5.69 Å². The zero-order valence-electron chi connectivity index (χ0n) is 7.57. The zero-order valence-corrected chi connectivity index (χ0v) is 7.57. The van der Waals surface area contributed by atoms with Gasteiger partial charge in [0.2, 0.25) is 0 Å². The molecule has 1 aromatic rings. The van der Waals surface area contributed by atoms with E-state index >= 15 is 0 Å². The second-order valence-electron chi connectivity index (χ2n) is 2.81. The van der Waals surface area contributed by atoms with Crippen molar-refractivity contribution in [2.45, 2.75) is 13.3 Å². The van der Waals surface area contributed by atoms with Crippen molar-refractivity contribution in [1.82, 2.24) is 4.57 Å². The van der Waals surface area contributed by atoms with Crippen LogP contribution in [0.3, 0.4) is 0 Å². The molecule has 0 amide bonds. The van der Waals surface area contributed by atoms with E-state index in [1.54, 1.807) is 11.6 Å². The molecule has 0 unspecified atom stereocenters. The normalized spacial score (nSPS) is 10.0. The number of hydrogen-bond acceptors (Lipinski definition) is 2. The van der Waals surface area contributed by atoms with E-state index in [0.29, 0.717) is 6.42 Å². The molecule has 1 rings (SSSR count). The number of aromatic nitrogens is 1. The van der Waals surface area contributed by atoms with Crippen LogP contribution in [0.5, 0.6) is 0 Å². The minimum absolute atomic E-state index is 0.181. The monoisotopic (exact) mass is 181 g/mol. The summed E-state index contributed by atoms with van der Waals surface area (Å²) in [5.41, 5.74) is 0.220. The van der Waals surface area contributed by atoms with Gasteiger partial charge >= 0.3 is 5.97 Å². The first kappa shape index (κ1) is 9.51. The Morgan fingerprint density at radius 3 is 2.69 bits per heavy atom. The van der Waals surface area contributed by atoms with Gasteiger partial charge in [-0.3, -0.25) is 4.79 Å². The largest absolute Gasteiger partial charge is 0.477 e. The van der Waals surface area contributed by atoms with Crippen molar-refractivity contribution in [2.24, 2.45) is 7.05 Å². The first-order valence-electron chi connectivity index (χ1n) is 3.99. The van der Waals surface area contributed by atoms with Gasteiger partial charge in [0.1, 0.15) is 5.56 Å². The van der Waals surface area contributed by atoms with Crippen LogP contribution in [0.25, 0.3) is 0 Å². The molecule has 0 fully saturated rings. The van der Waals surface area contributed by atoms with Crippen LogP contribution in [0.15, 0.2) is 17.1 Å². The number of carboxylic acid groups (broad SMARTS) is 1. The van der Waals surface area contributed by atoms with Gasteiger partial charge in [-0.15, -0.1) is 0 Å². The smallest absolute Gasteiger partial charge is 0.341 e. The van der Waals surface area contributed by atoms with E-state index in [9.17, 15) is 9.59 Å². The van der Waals surface area contributed by atoms with Crippen LogP contribution < -0.4 is 5.43 Å². The van der Waals surface area contributed by atoms with Crippen molar-refractivity contribution in [2.75, 3.05) is 0 Å². The standard InChI is InChI=1S/C9H11NO3/c1-3-6-4-8(11)7(9(12)13)5-10(6)2/h4-5H,3H2,1-2H3,(H,12,13). The summed E-state index contributed by atoms with van der Waals surface area (Å²) in [6, 6.07) is 1.36. The summed E-state index contributed by atoms with van der Waals surface area (Å²) in [6.07, 6.45) is 2.06. The number of carbonyl (C=O) groups is 1. The Hall–Kier alpha value is -1.58. The highest BCUT2D eigenvalue weighted by Crippen LogP contribution is 1.98. The fourth-order valence-corrected chi connectivity index (χ4v) is 1.18. The highest BCUT2D eigenvalue weighted by atomic mass is 16.4. The molecular weight excluding hydrogens is 170 g/mol. The van der Waals surface area contributed by atoms with E-state index in [1.165, 1.54) is 12.3 Å². The van der Waals surface area contributed by atoms with E-state index in [-0.39, 0.29) is 5.56 Å². The van der Waals surface area contributed by atoms with Crippen molar-refractivity contribution in [1.29, 1.82) is 0 Å². The third kappa shape index (κ3) is 1.77. The van der Waals surface area contributed by atoms with Crippen LogP contribution in [0.2, 0.25) is 0 Å². The van der Waals surface area contributed by atoms with E-state index in [1.807, 2.05) is 6.92 Å². The van der Waals surface area contributed by atoms with Crippen molar-refractivity contribution in [3.8, 4) is 0 Å². The minimum atomic E-state index is -1.18. The summed E-state index contributed by atoms with van der Waals surface area (Å²) < 4.78 is 1.66. The molecule has 1 N–H and O–H groups in total. The molecule has 0 atom stereocenters. The van der Waals surface area contributed by atoms with Crippen molar-refractivity contribution >= 4 is 5.97 Å². The van der Waals surface area contributed by atoms with Gasteiger partial charge in [0.05, 0.1) is 0 Å². The Morgan fingerprint density at radius 1 is 1.62 bits per heavy atom. The van der Waals surface area contributed by atoms with Crippen molar-refractivity contribution in [3.05, 3.63) is 33.7 Å². The van der Waals surface area contributed by atoms with Crippen molar-refractivity contribution in [3.63, 3.8) is 0 Å². The average molecular weight is 181 g/mol. The van der Waals surface area contributed by atoms with E-state index < -0.39 is 11.4 Å². The van der Waals surface area contributed by atoms with Gasteiger partial charge in [0, 0.05) is 25.0 Å². The summed E-state index contributed by atoms with van der Waals surface area (Å²) in [5.74, 6) is -1.18. The van der Waals surface area contributed by atoms with Crippen LogP contribution in [-0.2, 0) is 13.5 Å². The first-order chi connectivity index (χ1) is 6.06. The summed E-state index contributed by atoms with van der Waals surface area (Å²) >= 11 is 0. The Balaban J connectivity index is 3.37. The fraction of sp³-hybridized carbons (Fsp3) is 0.333. The van der Waals surface area contributed by atoms with Gasteiger partial charge < -0.3 is 9.67 Å². The van der Waals surface area contributed by atoms with Gasteiger partial charge in [0.25, 0.3) is 0 Å². The molecule has 1 aromatic heterocycles. The molecule has 0 aromatic carbocycles. The van der Waals surface area contributed by atoms with E-state index in [4.69, 9.17) is 5.11 Å². The highest BCUT2D eigenvalue weighted by Gasteiger charge is 2.09. The number of carboxylic acids is 1. The molecule has 0 saturated heterocycles. The maximum atomic E-state index is 11.2. The minimum Gasteiger partial charge on any atom is -0.477 e. The molecule has 0 aliphatic carbocycles. The lowest BCUT2D eigenvalue weighted by Gasteiger charge is -2.06. The highest BCUT2D eigenvalue weighted by molar-refractivity contribution is 5.87. The van der Waals surface area contributed by atoms with E-state index in [2.05, 4.69) is 0 Å². The molecular formula is C9H11NO3. The van der Waals surface area contributed by atoms with Crippen LogP contribution in [0.4, 0.5) is 0 Å². The number of aromatic carboxylic acids is 1. The second-order valence-corrected chi connectivity index (χ2v) is 2.81. The number of aryl methyl sites for hydroxylation is 2. The maximum Gasteiger partial charge on any atom is 0.341 e. The fourth-order valence-electron chi connectivity index (χ4n) is 1.18. The predicted molar refractivity (Wildman–Crippen MR) is 48.0 cm³/mol. The second kappa shape index (κ2) is 3.43. The lowest BCUT2D eigenvalue weighted by Crippen LogP contribution is -2.18. The number of rotatable bonds is 2. The molecule has 4 heteroatoms. The zero-order chi connectivity index (χ0) is 10.0. The molecule has 0 bridgehead atoms. The lowest BCUT2D eigenvalue weighted by atomic mass is 10.2. The first-order valence-corrected chi connectivity index (χ1v) is 3.99. The van der Waals surface area contributed by atoms with Gasteiger partial charge in [-0.1, -0.05) is 6.92 Å². The van der Waals surface area contributed by atoms with Crippen molar-refractivity contribution < 1.29 is 9.90 Å². The lowest BCUT2D eigenvalue weighted by molar-refractivity contribution is 0.0694. The SMILES string of the molecule is CCc1cc(=O)c(C(=O)O)cn1C. The topological polar surface area (TPSA) is 59.3 Å². The molecule has 70 valence electrons. The number of hydrogen-bond donors (Lipinski definition) is 1. The molecule has 0 spiro atoms. The third-order valence-corrected chi connectivity index (χ3v) is 1.93. The Bertz CT molecular complexity index is 392. The van der Waals surface area contributed by atoms with Gasteiger partial charge in [-0.05, 0) is 6.42 Å². The Labute approximate surface area is 75.4 Å². The number of pyridine rings is 1. The predicted octanol–water partition coefficient (Wildman–Crippen LogP) is 0.646. The van der Waals surface area contributed by atoms with Gasteiger partial charge in [0.15, 0.2) is 5.43 Å². The van der Waals surface area contributed by atoms with Crippen LogP contribution in [0.1, 0.15) is 23.0 Å². The average Bonchev–Trinajstić information content (AvgIpc) is 2.07. The number of nitrogens with zero attached hydrogens (tertiary/aromatic N) is 1. The quantitative estimate of drug-likeness (QED) is 0.728. The summed E-state index contributed by atoms with van der Waals surface area (Å²) in [7, 11) is 1.73. The molecule has 1 heterocycles. The van der Waals surface area contributed by atoms with Crippen LogP contribution in [0, 0.1) is 0 Å². The summed E-state index contributed by atoms with van der Waals surface area (Å²) in [6.45, 7) is 1.91. The molecule has 0 radical (unpaired) electrons. The third-order valence-electron chi connectivity index (χ3n) is 1.93. The van der Waals surface area contributed by atoms with Gasteiger partial charge in [-0.25, -0.2) is 4.79 Å². The Kier molecular flexibility index (Phi) is 2.51. The molecule has 0 saturated carbocycles. The van der Waals surface area contributed by atoms with Crippen LogP contribution >= 0.6 is 0 Å². The van der Waals surface area contributed by atoms with Gasteiger partial charge in [-0.2, -0.15) is 0 Å². The summed E-state index contributed by atoms with van der Waals surface area (Å²) in [4.78, 5) is 21.8. The maximum absolute atomic E-state index is 11.2. The van der Waals surface area contributed by atoms with Crippen LogP contribution in [-0.4, -0.2) is 15.6 Å². The Morgan fingerprint density at radius 2 is 2.23 bits per heavy atom. The molecule has 0 aliphatic heterocycles. The summed E-state index contributed by atoms with van der Waals surface area (Å²) in [5, 5.41) is 8.64. The molecule has 13 heavy (non-hydrogen) atoms. The molecule has 0 aliphatic rings. The molecule has 4 nitrogen and oxygen atoms in total.